The molecule has 1 amide bonds. The molecule has 4 heteroatoms. The second-order valence-electron chi connectivity index (χ2n) is 5.61. The zero-order valence-corrected chi connectivity index (χ0v) is 11.1. The van der Waals surface area contributed by atoms with Gasteiger partial charge in [-0.3, -0.25) is 4.79 Å². The fourth-order valence-corrected chi connectivity index (χ4v) is 2.81. The van der Waals surface area contributed by atoms with Crippen LogP contribution < -0.4 is 5.32 Å². The van der Waals surface area contributed by atoms with Crippen LogP contribution in [0.1, 0.15) is 26.7 Å². The number of carbonyl (C=O) groups is 1. The Labute approximate surface area is 104 Å². The molecule has 2 saturated heterocycles. The van der Waals surface area contributed by atoms with Gasteiger partial charge in [0.2, 0.25) is 5.91 Å². The fourth-order valence-electron chi connectivity index (χ4n) is 2.81. The summed E-state index contributed by atoms with van der Waals surface area (Å²) in [5.74, 6) is 0.963. The number of nitrogens with one attached hydrogen (secondary N) is 1. The van der Waals surface area contributed by atoms with Crippen LogP contribution in [-0.4, -0.2) is 61.0 Å². The van der Waals surface area contributed by atoms with E-state index in [1.165, 1.54) is 13.0 Å². The molecule has 98 valence electrons. The lowest BCUT2D eigenvalue weighted by molar-refractivity contribution is -0.130. The molecule has 2 rings (SSSR count). The highest BCUT2D eigenvalue weighted by Gasteiger charge is 2.27. The minimum absolute atomic E-state index is 0.283. The van der Waals surface area contributed by atoms with Gasteiger partial charge in [0.05, 0.1) is 6.54 Å². The van der Waals surface area contributed by atoms with Gasteiger partial charge in [0, 0.05) is 25.7 Å². The lowest BCUT2D eigenvalue weighted by Gasteiger charge is -2.25. The number of carbonyl (C=O) groups excluding carboxylic acids is 1. The van der Waals surface area contributed by atoms with E-state index in [1.54, 1.807) is 0 Å². The van der Waals surface area contributed by atoms with Crippen molar-refractivity contribution in [3.63, 3.8) is 0 Å². The van der Waals surface area contributed by atoms with E-state index >= 15 is 0 Å². The van der Waals surface area contributed by atoms with E-state index in [0.29, 0.717) is 18.5 Å². The molecular formula is C13H25N3O. The van der Waals surface area contributed by atoms with E-state index in [0.717, 1.165) is 32.6 Å². The predicted molar refractivity (Wildman–Crippen MR) is 68.9 cm³/mol. The van der Waals surface area contributed by atoms with Crippen molar-refractivity contribution in [1.82, 2.24) is 15.1 Å². The molecule has 0 aromatic rings. The van der Waals surface area contributed by atoms with E-state index in [4.69, 9.17) is 0 Å². The van der Waals surface area contributed by atoms with E-state index in [2.05, 4.69) is 29.0 Å². The number of amides is 1. The molecule has 1 N–H and O–H groups in total. The first-order valence-electron chi connectivity index (χ1n) is 6.89. The van der Waals surface area contributed by atoms with Gasteiger partial charge in [-0.2, -0.15) is 0 Å². The van der Waals surface area contributed by atoms with Gasteiger partial charge in [-0.25, -0.2) is 0 Å². The Balaban J connectivity index is 1.82. The van der Waals surface area contributed by atoms with Crippen LogP contribution in [0.5, 0.6) is 0 Å². The molecule has 4 nitrogen and oxygen atoms in total. The van der Waals surface area contributed by atoms with Crippen LogP contribution in [0, 0.1) is 5.92 Å². The number of hydrogen-bond donors (Lipinski definition) is 1. The van der Waals surface area contributed by atoms with Gasteiger partial charge in [0.25, 0.3) is 0 Å². The molecule has 0 bridgehead atoms. The van der Waals surface area contributed by atoms with Gasteiger partial charge in [-0.05, 0) is 45.7 Å². The van der Waals surface area contributed by atoms with Gasteiger partial charge in [-0.15, -0.1) is 0 Å². The van der Waals surface area contributed by atoms with Crippen molar-refractivity contribution in [3.05, 3.63) is 0 Å². The minimum atomic E-state index is 0.283. The molecule has 0 saturated carbocycles. The second kappa shape index (κ2) is 5.83. The summed E-state index contributed by atoms with van der Waals surface area (Å²) in [5.41, 5.74) is 0. The molecule has 1 atom stereocenters. The van der Waals surface area contributed by atoms with Crippen molar-refractivity contribution < 1.29 is 4.79 Å². The summed E-state index contributed by atoms with van der Waals surface area (Å²) in [6, 6.07) is 0.640. The molecule has 0 aromatic carbocycles. The topological polar surface area (TPSA) is 35.6 Å². The van der Waals surface area contributed by atoms with Crippen molar-refractivity contribution in [2.24, 2.45) is 5.92 Å². The average molecular weight is 239 g/mol. The predicted octanol–water partition coefficient (Wildman–Crippen LogP) is 0.539. The smallest absolute Gasteiger partial charge is 0.236 e. The van der Waals surface area contributed by atoms with Crippen molar-refractivity contribution in [3.8, 4) is 0 Å². The maximum atomic E-state index is 11.9. The maximum absolute atomic E-state index is 11.9. The Hall–Kier alpha value is -0.610. The summed E-state index contributed by atoms with van der Waals surface area (Å²) in [4.78, 5) is 16.5. The van der Waals surface area contributed by atoms with E-state index in [1.807, 2.05) is 0 Å². The van der Waals surface area contributed by atoms with Gasteiger partial charge in [0.15, 0.2) is 0 Å². The molecule has 0 spiro atoms. The zero-order chi connectivity index (χ0) is 12.3. The van der Waals surface area contributed by atoms with E-state index in [9.17, 15) is 4.79 Å². The third-order valence-electron chi connectivity index (χ3n) is 3.94. The molecule has 2 aliphatic heterocycles. The van der Waals surface area contributed by atoms with Crippen LogP contribution >= 0.6 is 0 Å². The second-order valence-corrected chi connectivity index (χ2v) is 5.61. The SMILES string of the molecule is CC(C)N1CCC(CN2CCCNCC2=O)C1. The number of likely N-dealkylation sites (tertiary alicyclic amines) is 1. The van der Waals surface area contributed by atoms with Crippen LogP contribution in [0.3, 0.4) is 0 Å². The zero-order valence-electron chi connectivity index (χ0n) is 11.1. The van der Waals surface area contributed by atoms with Crippen molar-refractivity contribution in [1.29, 1.82) is 0 Å². The number of rotatable bonds is 3. The van der Waals surface area contributed by atoms with Crippen molar-refractivity contribution in [2.75, 3.05) is 39.3 Å². The summed E-state index contributed by atoms with van der Waals surface area (Å²) in [7, 11) is 0. The molecule has 1 unspecified atom stereocenters. The first kappa shape index (κ1) is 12.8. The minimum Gasteiger partial charge on any atom is -0.341 e. The lowest BCUT2D eigenvalue weighted by atomic mass is 10.1. The summed E-state index contributed by atoms with van der Waals surface area (Å²) in [6.45, 7) is 10.3. The molecule has 0 aliphatic carbocycles. The van der Waals surface area contributed by atoms with Gasteiger partial charge < -0.3 is 15.1 Å². The van der Waals surface area contributed by atoms with Crippen molar-refractivity contribution in [2.45, 2.75) is 32.7 Å². The molecular weight excluding hydrogens is 214 g/mol. The molecule has 2 heterocycles. The Bertz CT molecular complexity index is 267. The Kier molecular flexibility index (Phi) is 4.40. The van der Waals surface area contributed by atoms with Crippen LogP contribution in [0.15, 0.2) is 0 Å². The monoisotopic (exact) mass is 239 g/mol. The largest absolute Gasteiger partial charge is 0.341 e. The first-order valence-corrected chi connectivity index (χ1v) is 6.89. The molecule has 0 aromatic heterocycles. The number of hydrogen-bond acceptors (Lipinski definition) is 3. The Morgan fingerprint density at radius 1 is 1.41 bits per heavy atom. The average Bonchev–Trinajstić information content (AvgIpc) is 2.66. The van der Waals surface area contributed by atoms with Gasteiger partial charge >= 0.3 is 0 Å². The molecule has 17 heavy (non-hydrogen) atoms. The first-order chi connectivity index (χ1) is 8.16. The molecule has 0 radical (unpaired) electrons. The lowest BCUT2D eigenvalue weighted by Crippen LogP contribution is -2.39. The van der Waals surface area contributed by atoms with Crippen molar-refractivity contribution >= 4 is 5.91 Å². The van der Waals surface area contributed by atoms with Crippen LogP contribution in [0.2, 0.25) is 0 Å². The highest BCUT2D eigenvalue weighted by Crippen LogP contribution is 2.19. The standard InChI is InChI=1S/C13H25N3O/c1-11(2)15-7-4-12(9-15)10-16-6-3-5-14-8-13(16)17/h11-12,14H,3-10H2,1-2H3. The Morgan fingerprint density at radius 2 is 2.24 bits per heavy atom. The highest BCUT2D eigenvalue weighted by molar-refractivity contribution is 5.78. The normalized spacial score (nSPS) is 27.8. The summed E-state index contributed by atoms with van der Waals surface area (Å²) >= 11 is 0. The number of nitrogens with zero attached hydrogens (tertiary/aromatic N) is 2. The van der Waals surface area contributed by atoms with Crippen LogP contribution in [0.4, 0.5) is 0 Å². The summed E-state index contributed by atoms with van der Waals surface area (Å²) in [5, 5.41) is 3.18. The molecule has 2 fully saturated rings. The Morgan fingerprint density at radius 3 is 2.94 bits per heavy atom. The van der Waals surface area contributed by atoms with Crippen LogP contribution in [0.25, 0.3) is 0 Å². The highest BCUT2D eigenvalue weighted by atomic mass is 16.2. The van der Waals surface area contributed by atoms with Gasteiger partial charge in [0.1, 0.15) is 0 Å². The third kappa shape index (κ3) is 3.42. The van der Waals surface area contributed by atoms with E-state index in [-0.39, 0.29) is 5.91 Å². The fraction of sp³-hybridized carbons (Fsp3) is 0.923. The van der Waals surface area contributed by atoms with Gasteiger partial charge in [-0.1, -0.05) is 0 Å². The quantitative estimate of drug-likeness (QED) is 0.781. The van der Waals surface area contributed by atoms with E-state index < -0.39 is 0 Å². The third-order valence-corrected chi connectivity index (χ3v) is 3.94. The summed E-state index contributed by atoms with van der Waals surface area (Å²) < 4.78 is 0. The van der Waals surface area contributed by atoms with Crippen LogP contribution in [-0.2, 0) is 4.79 Å². The molecule has 2 aliphatic rings. The summed E-state index contributed by atoms with van der Waals surface area (Å²) in [6.07, 6.45) is 2.34. The maximum Gasteiger partial charge on any atom is 0.236 e.